The van der Waals surface area contributed by atoms with Crippen LogP contribution in [0.15, 0.2) is 52.1 Å². The molecule has 1 aromatic heterocycles. The third kappa shape index (κ3) is 2.47. The van der Waals surface area contributed by atoms with Gasteiger partial charge in [0.2, 0.25) is 5.88 Å². The van der Waals surface area contributed by atoms with E-state index in [4.69, 9.17) is 4.74 Å². The number of hydrogen-bond acceptors (Lipinski definition) is 5. The van der Waals surface area contributed by atoms with E-state index in [2.05, 4.69) is 4.98 Å². The van der Waals surface area contributed by atoms with E-state index in [1.54, 1.807) is 36.4 Å². The molecule has 3 aromatic rings. The van der Waals surface area contributed by atoms with Crippen molar-refractivity contribution in [2.24, 2.45) is 0 Å². The van der Waals surface area contributed by atoms with E-state index in [9.17, 15) is 19.5 Å². The Balaban J connectivity index is 2.00. The molecule has 0 spiro atoms. The van der Waals surface area contributed by atoms with Crippen LogP contribution in [0, 0.1) is 13.8 Å². The number of H-pyrrole nitrogens is 1. The summed E-state index contributed by atoms with van der Waals surface area (Å²) in [5, 5.41) is 10.8. The summed E-state index contributed by atoms with van der Waals surface area (Å²) in [5.74, 6) is -1.13. The maximum atomic E-state index is 12.5. The second kappa shape index (κ2) is 5.98. The van der Waals surface area contributed by atoms with Gasteiger partial charge in [-0.3, -0.25) is 9.78 Å². The summed E-state index contributed by atoms with van der Waals surface area (Å²) in [6.45, 7) is 3.69. The molecule has 0 saturated carbocycles. The van der Waals surface area contributed by atoms with Crippen LogP contribution in [-0.2, 0) is 4.74 Å². The monoisotopic (exact) mass is 364 g/mol. The van der Waals surface area contributed by atoms with Gasteiger partial charge < -0.3 is 9.84 Å². The molecule has 0 radical (unpaired) electrons. The molecule has 2 aromatic carbocycles. The van der Waals surface area contributed by atoms with Gasteiger partial charge in [-0.1, -0.05) is 30.3 Å². The molecule has 1 aliphatic rings. The molecular formula is C20H16N2O5. The van der Waals surface area contributed by atoms with Gasteiger partial charge in [-0.15, -0.1) is 0 Å². The molecule has 2 N–H and O–H groups in total. The van der Waals surface area contributed by atoms with Crippen molar-refractivity contribution in [2.45, 2.75) is 20.0 Å². The highest BCUT2D eigenvalue weighted by atomic mass is 16.5. The lowest BCUT2D eigenvalue weighted by molar-refractivity contribution is 0.0449. The van der Waals surface area contributed by atoms with Crippen LogP contribution in [0.1, 0.15) is 38.7 Å². The largest absolute Gasteiger partial charge is 0.494 e. The lowest BCUT2D eigenvalue weighted by atomic mass is 10.0. The van der Waals surface area contributed by atoms with E-state index in [1.165, 1.54) is 0 Å². The lowest BCUT2D eigenvalue weighted by Crippen LogP contribution is -2.33. The normalized spacial score (nSPS) is 15.5. The topological polar surface area (TPSA) is 101 Å². The van der Waals surface area contributed by atoms with Crippen molar-refractivity contribution in [2.75, 3.05) is 0 Å². The van der Waals surface area contributed by atoms with Crippen molar-refractivity contribution in [3.05, 3.63) is 91.1 Å². The third-order valence-corrected chi connectivity index (χ3v) is 4.89. The summed E-state index contributed by atoms with van der Waals surface area (Å²) >= 11 is 0. The highest BCUT2D eigenvalue weighted by Crippen LogP contribution is 2.37. The summed E-state index contributed by atoms with van der Waals surface area (Å²) in [4.78, 5) is 39.2. The minimum atomic E-state index is -1.09. The number of aryl methyl sites for hydroxylation is 1. The fraction of sp³-hybridized carbons (Fsp3) is 0.150. The van der Waals surface area contributed by atoms with Gasteiger partial charge in [0, 0.05) is 5.56 Å². The highest BCUT2D eigenvalue weighted by Gasteiger charge is 2.36. The number of aromatic hydroxyl groups is 1. The molecule has 0 bridgehead atoms. The Morgan fingerprint density at radius 3 is 2.56 bits per heavy atom. The fourth-order valence-electron chi connectivity index (χ4n) is 3.34. The average Bonchev–Trinajstić information content (AvgIpc) is 2.95. The number of esters is 1. The number of nitrogens with one attached hydrogen (secondary N) is 1. The zero-order valence-electron chi connectivity index (χ0n) is 14.6. The molecule has 136 valence electrons. The SMILES string of the molecule is Cc1cccc(-n2c(O)c([C@@H]3OC(=O)c4ccccc43)c(=O)[nH]c2=O)c1C. The van der Waals surface area contributed by atoms with Gasteiger partial charge in [-0.05, 0) is 37.1 Å². The number of aromatic nitrogens is 2. The number of aromatic amines is 1. The third-order valence-electron chi connectivity index (χ3n) is 4.89. The average molecular weight is 364 g/mol. The number of benzene rings is 2. The molecule has 7 nitrogen and oxygen atoms in total. The minimum absolute atomic E-state index is 0.186. The first kappa shape index (κ1) is 16.8. The second-order valence-electron chi connectivity index (χ2n) is 6.42. The van der Waals surface area contributed by atoms with Gasteiger partial charge in [-0.25, -0.2) is 14.2 Å². The summed E-state index contributed by atoms with van der Waals surface area (Å²) in [7, 11) is 0. The van der Waals surface area contributed by atoms with Gasteiger partial charge in [0.15, 0.2) is 6.10 Å². The predicted octanol–water partition coefficient (Wildman–Crippen LogP) is 2.11. The van der Waals surface area contributed by atoms with Gasteiger partial charge in [0.1, 0.15) is 5.56 Å². The fourth-order valence-corrected chi connectivity index (χ4v) is 3.34. The van der Waals surface area contributed by atoms with E-state index in [0.29, 0.717) is 16.8 Å². The zero-order chi connectivity index (χ0) is 19.3. The summed E-state index contributed by atoms with van der Waals surface area (Å²) in [6, 6.07) is 11.9. The number of carbonyl (C=O) groups excluding carboxylic acids is 1. The molecule has 7 heteroatoms. The van der Waals surface area contributed by atoms with Crippen LogP contribution in [0.5, 0.6) is 5.88 Å². The van der Waals surface area contributed by atoms with Crippen molar-refractivity contribution in [1.82, 2.24) is 9.55 Å². The summed E-state index contributed by atoms with van der Waals surface area (Å²) in [6.07, 6.45) is -1.09. The van der Waals surface area contributed by atoms with Crippen LogP contribution in [0.3, 0.4) is 0 Å². The number of nitrogens with zero attached hydrogens (tertiary/aromatic N) is 1. The minimum Gasteiger partial charge on any atom is -0.494 e. The van der Waals surface area contributed by atoms with E-state index in [-0.39, 0.29) is 5.56 Å². The van der Waals surface area contributed by atoms with Crippen LogP contribution in [0.2, 0.25) is 0 Å². The number of ether oxygens (including phenoxy) is 1. The van der Waals surface area contributed by atoms with Crippen molar-refractivity contribution in [3.63, 3.8) is 0 Å². The molecule has 0 amide bonds. The molecule has 0 unspecified atom stereocenters. The van der Waals surface area contributed by atoms with Gasteiger partial charge in [-0.2, -0.15) is 0 Å². The first-order valence-corrected chi connectivity index (χ1v) is 8.35. The number of rotatable bonds is 2. The van der Waals surface area contributed by atoms with E-state index in [0.717, 1.165) is 15.7 Å². The smallest absolute Gasteiger partial charge is 0.339 e. The van der Waals surface area contributed by atoms with Crippen LogP contribution in [-0.4, -0.2) is 20.6 Å². The Labute approximate surface area is 153 Å². The molecule has 1 aliphatic heterocycles. The molecule has 2 heterocycles. The summed E-state index contributed by atoms with van der Waals surface area (Å²) < 4.78 is 6.35. The first-order chi connectivity index (χ1) is 12.9. The molecule has 1 atom stereocenters. The maximum absolute atomic E-state index is 12.5. The number of carbonyl (C=O) groups is 1. The molecule has 0 fully saturated rings. The molecular weight excluding hydrogens is 348 g/mol. The summed E-state index contributed by atoms with van der Waals surface area (Å²) in [5.41, 5.74) is 1.17. The Kier molecular flexibility index (Phi) is 3.73. The van der Waals surface area contributed by atoms with Gasteiger partial charge in [0.25, 0.3) is 5.56 Å². The quantitative estimate of drug-likeness (QED) is 0.678. The van der Waals surface area contributed by atoms with Crippen LogP contribution < -0.4 is 11.2 Å². The molecule has 0 saturated heterocycles. The van der Waals surface area contributed by atoms with Crippen LogP contribution in [0.25, 0.3) is 5.69 Å². The predicted molar refractivity (Wildman–Crippen MR) is 97.5 cm³/mol. The Morgan fingerprint density at radius 2 is 1.78 bits per heavy atom. The Morgan fingerprint density at radius 1 is 1.04 bits per heavy atom. The Hall–Kier alpha value is -3.61. The molecule has 4 rings (SSSR count). The zero-order valence-corrected chi connectivity index (χ0v) is 14.6. The van der Waals surface area contributed by atoms with E-state index >= 15 is 0 Å². The van der Waals surface area contributed by atoms with Crippen LogP contribution >= 0.6 is 0 Å². The molecule has 0 aliphatic carbocycles. The maximum Gasteiger partial charge on any atom is 0.339 e. The van der Waals surface area contributed by atoms with Crippen molar-refractivity contribution >= 4 is 5.97 Å². The van der Waals surface area contributed by atoms with E-state index < -0.39 is 29.2 Å². The first-order valence-electron chi connectivity index (χ1n) is 8.35. The Bertz CT molecular complexity index is 1210. The lowest BCUT2D eigenvalue weighted by Gasteiger charge is -2.17. The molecule has 27 heavy (non-hydrogen) atoms. The second-order valence-corrected chi connectivity index (χ2v) is 6.42. The van der Waals surface area contributed by atoms with E-state index in [1.807, 2.05) is 19.9 Å². The van der Waals surface area contributed by atoms with Gasteiger partial charge >= 0.3 is 11.7 Å². The van der Waals surface area contributed by atoms with Crippen molar-refractivity contribution in [1.29, 1.82) is 0 Å². The number of hydrogen-bond donors (Lipinski definition) is 2. The number of cyclic esters (lactones) is 1. The van der Waals surface area contributed by atoms with Gasteiger partial charge in [0.05, 0.1) is 11.3 Å². The number of fused-ring (bicyclic) bond motifs is 1. The van der Waals surface area contributed by atoms with Crippen molar-refractivity contribution < 1.29 is 14.6 Å². The standard InChI is InChI=1S/C20H16N2O5/c1-10-6-5-9-14(11(10)2)22-18(24)15(17(23)21-20(22)26)16-12-7-3-4-8-13(12)19(25)27-16/h3-9,16,24H,1-2H3,(H,21,23,26)/t16-/m1/s1. The highest BCUT2D eigenvalue weighted by molar-refractivity contribution is 5.94. The van der Waals surface area contributed by atoms with Crippen LogP contribution in [0.4, 0.5) is 0 Å². The van der Waals surface area contributed by atoms with Crippen molar-refractivity contribution in [3.8, 4) is 11.6 Å².